The van der Waals surface area contributed by atoms with Crippen molar-refractivity contribution < 1.29 is 9.53 Å². The van der Waals surface area contributed by atoms with Gasteiger partial charge in [-0.05, 0) is 41.7 Å². The number of urea groups is 1. The van der Waals surface area contributed by atoms with Gasteiger partial charge in [-0.1, -0.05) is 56.6 Å². The van der Waals surface area contributed by atoms with E-state index in [0.717, 1.165) is 5.69 Å². The third kappa shape index (κ3) is 6.31. The van der Waals surface area contributed by atoms with Crippen LogP contribution in [0, 0.1) is 0 Å². The molecular weight excluding hydrogens is 336 g/mol. The van der Waals surface area contributed by atoms with Gasteiger partial charge in [0.25, 0.3) is 0 Å². The lowest BCUT2D eigenvalue weighted by molar-refractivity contribution is 0.250. The minimum absolute atomic E-state index is 0.0996. The summed E-state index contributed by atoms with van der Waals surface area (Å²) in [4.78, 5) is 11.9. The number of hydrogen-bond donors (Lipinski definition) is 2. The number of amides is 2. The highest BCUT2D eigenvalue weighted by Crippen LogP contribution is 2.24. The number of nitrogens with one attached hydrogen (secondary N) is 2. The van der Waals surface area contributed by atoms with Crippen LogP contribution in [0.4, 0.5) is 10.5 Å². The van der Waals surface area contributed by atoms with E-state index in [1.165, 1.54) is 5.56 Å². The molecule has 2 amide bonds. The van der Waals surface area contributed by atoms with Gasteiger partial charge in [0.2, 0.25) is 0 Å². The number of carbonyl (C=O) groups is 1. The zero-order valence-electron chi connectivity index (χ0n) is 14.9. The molecule has 0 fully saturated rings. The first-order valence-corrected chi connectivity index (χ1v) is 8.77. The normalized spacial score (nSPS) is 11.0. The van der Waals surface area contributed by atoms with Crippen molar-refractivity contribution in [3.8, 4) is 5.75 Å². The van der Waals surface area contributed by atoms with Crippen molar-refractivity contribution in [1.29, 1.82) is 0 Å². The van der Waals surface area contributed by atoms with Crippen molar-refractivity contribution in [2.75, 3.05) is 18.5 Å². The van der Waals surface area contributed by atoms with Crippen LogP contribution in [0.15, 0.2) is 48.5 Å². The minimum atomic E-state index is -0.221. The van der Waals surface area contributed by atoms with Crippen molar-refractivity contribution in [3.63, 3.8) is 0 Å². The highest BCUT2D eigenvalue weighted by atomic mass is 35.5. The Bertz CT molecular complexity index is 694. The quantitative estimate of drug-likeness (QED) is 0.693. The maximum absolute atomic E-state index is 11.9. The number of para-hydroxylation sites is 1. The number of benzene rings is 2. The van der Waals surface area contributed by atoms with Crippen LogP contribution in [0.3, 0.4) is 0 Å². The summed E-state index contributed by atoms with van der Waals surface area (Å²) in [7, 11) is 0. The second kappa shape index (κ2) is 8.77. The predicted molar refractivity (Wildman–Crippen MR) is 104 cm³/mol. The molecule has 0 heterocycles. The molecule has 2 N–H and O–H groups in total. The van der Waals surface area contributed by atoms with E-state index in [2.05, 4.69) is 31.4 Å². The summed E-state index contributed by atoms with van der Waals surface area (Å²) < 4.78 is 5.58. The molecule has 0 aliphatic heterocycles. The van der Waals surface area contributed by atoms with E-state index in [1.807, 2.05) is 42.5 Å². The first kappa shape index (κ1) is 19.1. The largest absolute Gasteiger partial charge is 0.492 e. The molecular formula is C20H25ClN2O2. The maximum Gasteiger partial charge on any atom is 0.319 e. The van der Waals surface area contributed by atoms with E-state index in [-0.39, 0.29) is 11.4 Å². The van der Waals surface area contributed by atoms with Gasteiger partial charge >= 0.3 is 6.03 Å². The van der Waals surface area contributed by atoms with Crippen LogP contribution in [-0.4, -0.2) is 19.2 Å². The number of rotatable bonds is 6. The summed E-state index contributed by atoms with van der Waals surface area (Å²) in [5.41, 5.74) is 2.11. The Morgan fingerprint density at radius 2 is 1.76 bits per heavy atom. The average molecular weight is 361 g/mol. The van der Waals surface area contributed by atoms with Crippen LogP contribution in [0.5, 0.6) is 5.75 Å². The van der Waals surface area contributed by atoms with Gasteiger partial charge in [0, 0.05) is 12.2 Å². The lowest BCUT2D eigenvalue weighted by Gasteiger charge is -2.19. The Labute approximate surface area is 154 Å². The molecule has 0 aliphatic carbocycles. The van der Waals surface area contributed by atoms with E-state index in [9.17, 15) is 4.79 Å². The lowest BCUT2D eigenvalue weighted by Crippen LogP contribution is -2.30. The van der Waals surface area contributed by atoms with Crippen LogP contribution in [0.2, 0.25) is 5.02 Å². The molecule has 0 atom stereocenters. The highest BCUT2D eigenvalue weighted by Gasteiger charge is 2.13. The van der Waals surface area contributed by atoms with Gasteiger partial charge in [0.1, 0.15) is 5.75 Å². The van der Waals surface area contributed by atoms with Crippen LogP contribution in [0.1, 0.15) is 32.8 Å². The summed E-state index contributed by atoms with van der Waals surface area (Å²) in [5.74, 6) is 0.660. The Morgan fingerprint density at radius 3 is 2.40 bits per heavy atom. The van der Waals surface area contributed by atoms with E-state index in [4.69, 9.17) is 16.3 Å². The zero-order valence-corrected chi connectivity index (χ0v) is 15.7. The first-order valence-electron chi connectivity index (χ1n) is 8.39. The monoisotopic (exact) mass is 360 g/mol. The number of anilines is 1. The molecule has 2 aromatic rings. The van der Waals surface area contributed by atoms with Gasteiger partial charge in [-0.25, -0.2) is 4.79 Å². The SMILES string of the molecule is CC(C)(C)c1ccc(NC(=O)NCCCOc2ccccc2Cl)cc1. The van der Waals surface area contributed by atoms with Crippen molar-refractivity contribution in [3.05, 3.63) is 59.1 Å². The molecule has 0 unspecified atom stereocenters. The van der Waals surface area contributed by atoms with Crippen LogP contribution < -0.4 is 15.4 Å². The molecule has 25 heavy (non-hydrogen) atoms. The smallest absolute Gasteiger partial charge is 0.319 e. The molecule has 134 valence electrons. The molecule has 0 radical (unpaired) electrons. The van der Waals surface area contributed by atoms with Gasteiger partial charge in [-0.3, -0.25) is 0 Å². The number of halogens is 1. The Morgan fingerprint density at radius 1 is 1.08 bits per heavy atom. The summed E-state index contributed by atoms with van der Waals surface area (Å²) in [6, 6.07) is 15.0. The average Bonchev–Trinajstić information content (AvgIpc) is 2.56. The second-order valence-corrected chi connectivity index (χ2v) is 7.25. The fourth-order valence-corrected chi connectivity index (χ4v) is 2.44. The Hall–Kier alpha value is -2.20. The van der Waals surface area contributed by atoms with E-state index in [1.54, 1.807) is 6.07 Å². The summed E-state index contributed by atoms with van der Waals surface area (Å²) in [5, 5.41) is 6.23. The van der Waals surface area contributed by atoms with Gasteiger partial charge in [-0.15, -0.1) is 0 Å². The van der Waals surface area contributed by atoms with Crippen LogP contribution >= 0.6 is 11.6 Å². The molecule has 2 rings (SSSR count). The van der Waals surface area contributed by atoms with Gasteiger partial charge in [0.15, 0.2) is 0 Å². The summed E-state index contributed by atoms with van der Waals surface area (Å²) >= 11 is 6.01. The second-order valence-electron chi connectivity index (χ2n) is 6.84. The molecule has 4 nitrogen and oxygen atoms in total. The van der Waals surface area contributed by atoms with Crippen molar-refractivity contribution >= 4 is 23.3 Å². The number of hydrogen-bond acceptors (Lipinski definition) is 2. The molecule has 0 bridgehead atoms. The van der Waals surface area contributed by atoms with Gasteiger partial charge in [-0.2, -0.15) is 0 Å². The maximum atomic E-state index is 11.9. The lowest BCUT2D eigenvalue weighted by atomic mass is 9.87. The molecule has 0 aromatic heterocycles. The summed E-state index contributed by atoms with van der Waals surface area (Å²) in [6.07, 6.45) is 0.696. The topological polar surface area (TPSA) is 50.4 Å². The predicted octanol–water partition coefficient (Wildman–Crippen LogP) is 5.23. The Kier molecular flexibility index (Phi) is 6.71. The molecule has 0 saturated heterocycles. The van der Waals surface area contributed by atoms with Gasteiger partial charge in [0.05, 0.1) is 11.6 Å². The molecule has 0 aliphatic rings. The van der Waals surface area contributed by atoms with E-state index in [0.29, 0.717) is 30.3 Å². The third-order valence-corrected chi connectivity index (χ3v) is 4.02. The number of ether oxygens (including phenoxy) is 1. The van der Waals surface area contributed by atoms with Gasteiger partial charge < -0.3 is 15.4 Å². The van der Waals surface area contributed by atoms with E-state index >= 15 is 0 Å². The van der Waals surface area contributed by atoms with Crippen LogP contribution in [-0.2, 0) is 5.41 Å². The Balaban J connectivity index is 1.68. The molecule has 2 aromatic carbocycles. The van der Waals surface area contributed by atoms with Crippen LogP contribution in [0.25, 0.3) is 0 Å². The van der Waals surface area contributed by atoms with E-state index < -0.39 is 0 Å². The third-order valence-electron chi connectivity index (χ3n) is 3.71. The highest BCUT2D eigenvalue weighted by molar-refractivity contribution is 6.32. The zero-order chi connectivity index (χ0) is 18.3. The summed E-state index contributed by atoms with van der Waals surface area (Å²) in [6.45, 7) is 7.49. The minimum Gasteiger partial charge on any atom is -0.492 e. The van der Waals surface area contributed by atoms with Crippen molar-refractivity contribution in [1.82, 2.24) is 5.32 Å². The first-order chi connectivity index (χ1) is 11.9. The van der Waals surface area contributed by atoms with Crippen molar-refractivity contribution in [2.24, 2.45) is 0 Å². The fourth-order valence-electron chi connectivity index (χ4n) is 2.25. The molecule has 5 heteroatoms. The standard InChI is InChI=1S/C20H25ClN2O2/c1-20(2,3)15-9-11-16(12-10-15)23-19(24)22-13-6-14-25-18-8-5-4-7-17(18)21/h4-5,7-12H,6,13-14H2,1-3H3,(H2,22,23,24). The fraction of sp³-hybridized carbons (Fsp3) is 0.350. The van der Waals surface area contributed by atoms with Crippen molar-refractivity contribution in [2.45, 2.75) is 32.6 Å². The molecule has 0 saturated carbocycles. The number of carbonyl (C=O) groups excluding carboxylic acids is 1. The molecule has 0 spiro atoms.